The molecule has 0 saturated heterocycles. The molecule has 0 spiro atoms. The zero-order chi connectivity index (χ0) is 20.6. The van der Waals surface area contributed by atoms with Crippen molar-refractivity contribution >= 4 is 16.9 Å². The summed E-state index contributed by atoms with van der Waals surface area (Å²) in [6, 6.07) is 6.79. The van der Waals surface area contributed by atoms with E-state index in [4.69, 9.17) is 14.7 Å². The highest BCUT2D eigenvalue weighted by molar-refractivity contribution is 5.86. The molecule has 1 atom stereocenters. The Morgan fingerprint density at radius 2 is 1.79 bits per heavy atom. The number of nitrogens with zero attached hydrogens (tertiary/aromatic N) is 4. The molecule has 0 aliphatic carbocycles. The highest BCUT2D eigenvalue weighted by Crippen LogP contribution is 2.34. The maximum absolute atomic E-state index is 5.36. The van der Waals surface area contributed by atoms with E-state index in [1.807, 2.05) is 14.1 Å². The van der Waals surface area contributed by atoms with Crippen LogP contribution in [0, 0.1) is 13.8 Å². The van der Waals surface area contributed by atoms with Crippen molar-refractivity contribution in [2.24, 2.45) is 0 Å². The van der Waals surface area contributed by atoms with Crippen LogP contribution in [0.1, 0.15) is 49.6 Å². The van der Waals surface area contributed by atoms with Crippen LogP contribution in [0.15, 0.2) is 24.4 Å². The third-order valence-corrected chi connectivity index (χ3v) is 5.23. The van der Waals surface area contributed by atoms with Gasteiger partial charge in [0.2, 0.25) is 0 Å². The van der Waals surface area contributed by atoms with Gasteiger partial charge in [0, 0.05) is 38.7 Å². The molecule has 0 amide bonds. The summed E-state index contributed by atoms with van der Waals surface area (Å²) >= 11 is 0. The van der Waals surface area contributed by atoms with Crippen molar-refractivity contribution in [2.75, 3.05) is 32.7 Å². The summed E-state index contributed by atoms with van der Waals surface area (Å²) in [6.45, 7) is 11.4. The molecule has 5 heteroatoms. The van der Waals surface area contributed by atoms with Gasteiger partial charge in [-0.05, 0) is 56.0 Å². The number of hydrogen-bond acceptors (Lipinski definition) is 4. The smallest absolute Gasteiger partial charge is 0.137 e. The fraction of sp³-hybridized carbons (Fsp3) is 0.478. The minimum atomic E-state index is 0.262. The van der Waals surface area contributed by atoms with Gasteiger partial charge in [0.15, 0.2) is 0 Å². The van der Waals surface area contributed by atoms with Crippen LogP contribution < -0.4 is 4.90 Å². The van der Waals surface area contributed by atoms with Crippen LogP contribution in [0.4, 0.5) is 5.82 Å². The molecule has 28 heavy (non-hydrogen) atoms. The lowest BCUT2D eigenvalue weighted by Crippen LogP contribution is -2.14. The van der Waals surface area contributed by atoms with E-state index >= 15 is 0 Å². The number of rotatable bonds is 6. The maximum Gasteiger partial charge on any atom is 0.137 e. The molecule has 3 aromatic rings. The van der Waals surface area contributed by atoms with Crippen molar-refractivity contribution < 1.29 is 4.74 Å². The predicted octanol–water partition coefficient (Wildman–Crippen LogP) is 5.11. The molecule has 3 aromatic heterocycles. The quantitative estimate of drug-likeness (QED) is 0.596. The van der Waals surface area contributed by atoms with Crippen LogP contribution in [0.25, 0.3) is 22.3 Å². The first-order valence-electron chi connectivity index (χ1n) is 9.91. The number of hydrogen-bond donors (Lipinski definition) is 0. The third kappa shape index (κ3) is 3.63. The normalized spacial score (nSPS) is 12.8. The monoisotopic (exact) mass is 380 g/mol. The lowest BCUT2D eigenvalue weighted by atomic mass is 10.0. The molecule has 0 aliphatic rings. The molecule has 0 N–H and O–H groups in total. The van der Waals surface area contributed by atoms with E-state index in [9.17, 15) is 0 Å². The molecule has 5 nitrogen and oxygen atoms in total. The van der Waals surface area contributed by atoms with E-state index in [1.54, 1.807) is 7.11 Å². The largest absolute Gasteiger partial charge is 0.383 e. The molecular weight excluding hydrogens is 348 g/mol. The Bertz CT molecular complexity index is 988. The molecule has 3 rings (SSSR count). The molecule has 0 unspecified atom stereocenters. The minimum Gasteiger partial charge on any atom is -0.383 e. The van der Waals surface area contributed by atoms with Gasteiger partial charge in [-0.25, -0.2) is 9.97 Å². The highest BCUT2D eigenvalue weighted by atomic mass is 16.5. The van der Waals surface area contributed by atoms with Gasteiger partial charge < -0.3 is 14.2 Å². The SMILES string of the molecule is COC[C@H](C)n1cc(C)c2nc(-c3ccc(C(C)C)nc3N(C)C)c(C)cc21. The average Bonchev–Trinajstić information content (AvgIpc) is 2.96. The fourth-order valence-electron chi connectivity index (χ4n) is 3.69. The summed E-state index contributed by atoms with van der Waals surface area (Å²) < 4.78 is 7.63. The zero-order valence-corrected chi connectivity index (χ0v) is 18.4. The van der Waals surface area contributed by atoms with Crippen molar-refractivity contribution in [2.45, 2.75) is 46.6 Å². The Hall–Kier alpha value is -2.40. The maximum atomic E-state index is 5.36. The van der Waals surface area contributed by atoms with Gasteiger partial charge in [-0.2, -0.15) is 0 Å². The van der Waals surface area contributed by atoms with Crippen LogP contribution in [-0.4, -0.2) is 42.3 Å². The second-order valence-corrected chi connectivity index (χ2v) is 8.20. The number of ether oxygens (including phenoxy) is 1. The first kappa shape index (κ1) is 20.3. The first-order valence-corrected chi connectivity index (χ1v) is 9.91. The van der Waals surface area contributed by atoms with Gasteiger partial charge >= 0.3 is 0 Å². The molecule has 0 fully saturated rings. The van der Waals surface area contributed by atoms with Crippen LogP contribution in [-0.2, 0) is 4.74 Å². The molecule has 0 aliphatic heterocycles. The second kappa shape index (κ2) is 7.92. The van der Waals surface area contributed by atoms with E-state index in [1.165, 1.54) is 5.56 Å². The first-order chi connectivity index (χ1) is 13.2. The van der Waals surface area contributed by atoms with Crippen molar-refractivity contribution in [1.82, 2.24) is 14.5 Å². The Kier molecular flexibility index (Phi) is 5.75. The Morgan fingerprint density at radius 3 is 2.39 bits per heavy atom. The predicted molar refractivity (Wildman–Crippen MR) is 117 cm³/mol. The molecule has 0 radical (unpaired) electrons. The second-order valence-electron chi connectivity index (χ2n) is 8.20. The summed E-state index contributed by atoms with van der Waals surface area (Å²) in [6.07, 6.45) is 2.18. The number of anilines is 1. The molecule has 150 valence electrons. The van der Waals surface area contributed by atoms with Gasteiger partial charge in [0.25, 0.3) is 0 Å². The minimum absolute atomic E-state index is 0.262. The van der Waals surface area contributed by atoms with E-state index in [-0.39, 0.29) is 6.04 Å². The van der Waals surface area contributed by atoms with Crippen LogP contribution in [0.5, 0.6) is 0 Å². The summed E-state index contributed by atoms with van der Waals surface area (Å²) in [5.41, 5.74) is 7.70. The number of aryl methyl sites for hydroxylation is 2. The summed E-state index contributed by atoms with van der Waals surface area (Å²) in [5, 5.41) is 0. The zero-order valence-electron chi connectivity index (χ0n) is 18.4. The van der Waals surface area contributed by atoms with Crippen molar-refractivity contribution in [3.8, 4) is 11.3 Å². The summed E-state index contributed by atoms with van der Waals surface area (Å²) in [4.78, 5) is 12.1. The molecule has 0 bridgehead atoms. The summed E-state index contributed by atoms with van der Waals surface area (Å²) in [7, 11) is 5.82. The topological polar surface area (TPSA) is 43.2 Å². The molecule has 0 saturated carbocycles. The van der Waals surface area contributed by atoms with Gasteiger partial charge in [-0.15, -0.1) is 0 Å². The Balaban J connectivity index is 2.20. The van der Waals surface area contributed by atoms with Gasteiger partial charge in [-0.3, -0.25) is 0 Å². The number of pyridine rings is 2. The Morgan fingerprint density at radius 1 is 1.07 bits per heavy atom. The van der Waals surface area contributed by atoms with Crippen LogP contribution in [0.3, 0.4) is 0 Å². The van der Waals surface area contributed by atoms with Crippen LogP contribution >= 0.6 is 0 Å². The average molecular weight is 381 g/mol. The van der Waals surface area contributed by atoms with E-state index in [2.05, 4.69) is 68.5 Å². The van der Waals surface area contributed by atoms with Crippen molar-refractivity contribution in [3.63, 3.8) is 0 Å². The number of aromatic nitrogens is 3. The number of methoxy groups -OCH3 is 1. The van der Waals surface area contributed by atoms with E-state index < -0.39 is 0 Å². The van der Waals surface area contributed by atoms with Crippen LogP contribution in [0.2, 0.25) is 0 Å². The standard InChI is InChI=1S/C23H32N4O/c1-14(2)19-10-9-18(23(24-19)26(6)7)21-15(3)11-20-22(25-21)16(4)12-27(20)17(5)13-28-8/h9-12,14,17H,13H2,1-8H3/t17-/m0/s1. The lowest BCUT2D eigenvalue weighted by Gasteiger charge is -2.20. The molecular formula is C23H32N4O. The summed E-state index contributed by atoms with van der Waals surface area (Å²) in [5.74, 6) is 1.36. The van der Waals surface area contributed by atoms with E-state index in [0.717, 1.165) is 39.4 Å². The molecule has 3 heterocycles. The fourth-order valence-corrected chi connectivity index (χ4v) is 3.69. The van der Waals surface area contributed by atoms with Crippen molar-refractivity contribution in [3.05, 3.63) is 41.2 Å². The van der Waals surface area contributed by atoms with Crippen molar-refractivity contribution in [1.29, 1.82) is 0 Å². The van der Waals surface area contributed by atoms with E-state index in [0.29, 0.717) is 12.5 Å². The van der Waals surface area contributed by atoms with Gasteiger partial charge in [0.1, 0.15) is 5.82 Å². The third-order valence-electron chi connectivity index (χ3n) is 5.23. The highest BCUT2D eigenvalue weighted by Gasteiger charge is 2.18. The van der Waals surface area contributed by atoms with Gasteiger partial charge in [0.05, 0.1) is 29.4 Å². The molecule has 0 aromatic carbocycles. The number of fused-ring (bicyclic) bond motifs is 1. The Labute approximate surface area is 168 Å². The van der Waals surface area contributed by atoms with Gasteiger partial charge in [-0.1, -0.05) is 13.8 Å². The lowest BCUT2D eigenvalue weighted by molar-refractivity contribution is 0.164.